The summed E-state index contributed by atoms with van der Waals surface area (Å²) in [7, 11) is 1.15. The lowest BCUT2D eigenvalue weighted by Crippen LogP contribution is -2.16. The zero-order chi connectivity index (χ0) is 20.2. The monoisotopic (exact) mass is 384 g/mol. The number of alkyl halides is 3. The number of halogens is 4. The van der Waals surface area contributed by atoms with Crippen LogP contribution < -0.4 is 4.74 Å². The number of benzene rings is 2. The molecule has 0 saturated carbocycles. The number of rotatable bonds is 6. The molecule has 0 spiro atoms. The third-order valence-corrected chi connectivity index (χ3v) is 4.28. The number of aryl methyl sites for hydroxylation is 2. The maximum Gasteiger partial charge on any atom is 0.416 e. The molecule has 7 heteroatoms. The summed E-state index contributed by atoms with van der Waals surface area (Å²) in [6.45, 7) is 3.13. The average molecular weight is 384 g/mol. The van der Waals surface area contributed by atoms with Gasteiger partial charge in [-0.25, -0.2) is 4.39 Å². The van der Waals surface area contributed by atoms with E-state index in [0.717, 1.165) is 24.3 Å². The lowest BCUT2D eigenvalue weighted by atomic mass is 9.98. The number of hydrogen-bond donors (Lipinski definition) is 0. The Hall–Kier alpha value is -2.57. The summed E-state index contributed by atoms with van der Waals surface area (Å²) < 4.78 is 64.2. The van der Waals surface area contributed by atoms with Gasteiger partial charge < -0.3 is 9.47 Å². The highest BCUT2D eigenvalue weighted by atomic mass is 19.4. The topological polar surface area (TPSA) is 35.5 Å². The van der Waals surface area contributed by atoms with Crippen molar-refractivity contribution in [3.63, 3.8) is 0 Å². The van der Waals surface area contributed by atoms with E-state index >= 15 is 0 Å². The lowest BCUT2D eigenvalue weighted by molar-refractivity contribution is -0.141. The van der Waals surface area contributed by atoms with Gasteiger partial charge in [-0.2, -0.15) is 13.2 Å². The fourth-order valence-electron chi connectivity index (χ4n) is 2.80. The summed E-state index contributed by atoms with van der Waals surface area (Å²) in [5, 5.41) is 0. The minimum Gasteiger partial charge on any atom is -0.486 e. The molecule has 0 heterocycles. The number of ether oxygens (including phenoxy) is 2. The molecule has 3 nitrogen and oxygen atoms in total. The van der Waals surface area contributed by atoms with Crippen LogP contribution in [-0.4, -0.2) is 13.1 Å². The highest BCUT2D eigenvalue weighted by molar-refractivity contribution is 5.73. The average Bonchev–Trinajstić information content (AvgIpc) is 2.61. The van der Waals surface area contributed by atoms with Crippen LogP contribution in [0.3, 0.4) is 0 Å². The summed E-state index contributed by atoms with van der Waals surface area (Å²) in [4.78, 5) is 11.5. The van der Waals surface area contributed by atoms with E-state index in [0.29, 0.717) is 6.42 Å². The van der Waals surface area contributed by atoms with Crippen molar-refractivity contribution in [2.45, 2.75) is 39.5 Å². The molecule has 2 aromatic rings. The molecule has 0 N–H and O–H groups in total. The highest BCUT2D eigenvalue weighted by Gasteiger charge is 2.34. The molecule has 0 aliphatic heterocycles. The molecule has 2 aromatic carbocycles. The summed E-state index contributed by atoms with van der Waals surface area (Å²) in [5.74, 6) is -1.45. The summed E-state index contributed by atoms with van der Waals surface area (Å²) in [6, 6.07) is 6.29. The van der Waals surface area contributed by atoms with Gasteiger partial charge in [0.15, 0.2) is 11.6 Å². The van der Waals surface area contributed by atoms with Gasteiger partial charge in [0, 0.05) is 5.56 Å². The molecule has 2 rings (SSSR count). The summed E-state index contributed by atoms with van der Waals surface area (Å²) in [6.07, 6.45) is -4.34. The molecule has 0 unspecified atom stereocenters. The van der Waals surface area contributed by atoms with E-state index in [1.165, 1.54) is 24.3 Å². The SMILES string of the molecule is CCc1cc(F)c(OCc2c(CC(=O)OC)cccc2C(F)(F)F)cc1C. The minimum absolute atomic E-state index is 0.124. The van der Waals surface area contributed by atoms with Crippen LogP contribution in [0, 0.1) is 12.7 Å². The quantitative estimate of drug-likeness (QED) is 0.519. The molecule has 146 valence electrons. The summed E-state index contributed by atoms with van der Waals surface area (Å²) >= 11 is 0. The summed E-state index contributed by atoms with van der Waals surface area (Å²) in [5.41, 5.74) is 0.562. The van der Waals surface area contributed by atoms with E-state index in [1.54, 1.807) is 6.92 Å². The molecular formula is C20H20F4O3. The van der Waals surface area contributed by atoms with Crippen LogP contribution in [0.15, 0.2) is 30.3 Å². The van der Waals surface area contributed by atoms with Gasteiger partial charge in [-0.15, -0.1) is 0 Å². The molecule has 0 fully saturated rings. The number of carbonyl (C=O) groups excluding carboxylic acids is 1. The molecule has 27 heavy (non-hydrogen) atoms. The molecule has 0 aliphatic carbocycles. The van der Waals surface area contributed by atoms with E-state index in [1.807, 2.05) is 6.92 Å². The third kappa shape index (κ3) is 4.99. The van der Waals surface area contributed by atoms with Gasteiger partial charge in [-0.3, -0.25) is 4.79 Å². The minimum atomic E-state index is -4.63. The zero-order valence-electron chi connectivity index (χ0n) is 15.2. The van der Waals surface area contributed by atoms with E-state index < -0.39 is 30.1 Å². The molecule has 0 aromatic heterocycles. The van der Waals surface area contributed by atoms with Gasteiger partial charge in [0.2, 0.25) is 0 Å². The molecule has 0 amide bonds. The molecule has 0 radical (unpaired) electrons. The molecule has 0 saturated heterocycles. The van der Waals surface area contributed by atoms with Crippen molar-refractivity contribution in [3.8, 4) is 5.75 Å². The third-order valence-electron chi connectivity index (χ3n) is 4.28. The first-order chi connectivity index (χ1) is 12.7. The van der Waals surface area contributed by atoms with Crippen LogP contribution in [0.25, 0.3) is 0 Å². The Balaban J connectivity index is 2.39. The Morgan fingerprint density at radius 2 is 1.85 bits per heavy atom. The molecule has 0 bridgehead atoms. The number of hydrogen-bond acceptors (Lipinski definition) is 3. The van der Waals surface area contributed by atoms with Crippen molar-refractivity contribution in [2.75, 3.05) is 7.11 Å². The van der Waals surface area contributed by atoms with Crippen LogP contribution in [-0.2, 0) is 35.2 Å². The first kappa shape index (κ1) is 20.7. The molecular weight excluding hydrogens is 364 g/mol. The molecule has 0 atom stereocenters. The van der Waals surface area contributed by atoms with Crippen LogP contribution >= 0.6 is 0 Å². The Kier molecular flexibility index (Phi) is 6.46. The standard InChI is InChI=1S/C20H20F4O3/c1-4-13-9-17(21)18(8-12(13)2)27-11-15-14(10-19(25)26-3)6-5-7-16(15)20(22,23)24/h5-9H,4,10-11H2,1-3H3. The van der Waals surface area contributed by atoms with Gasteiger partial charge in [0.25, 0.3) is 0 Å². The number of methoxy groups -OCH3 is 1. The van der Waals surface area contributed by atoms with Crippen molar-refractivity contribution >= 4 is 5.97 Å². The van der Waals surface area contributed by atoms with Crippen LogP contribution in [0.1, 0.15) is 34.7 Å². The Bertz CT molecular complexity index is 829. The van der Waals surface area contributed by atoms with Crippen LogP contribution in [0.5, 0.6) is 5.75 Å². The van der Waals surface area contributed by atoms with Crippen molar-refractivity contribution < 1.29 is 31.8 Å². The maximum atomic E-state index is 14.2. The van der Waals surface area contributed by atoms with Crippen molar-refractivity contribution in [2.24, 2.45) is 0 Å². The van der Waals surface area contributed by atoms with Gasteiger partial charge in [-0.1, -0.05) is 19.1 Å². The van der Waals surface area contributed by atoms with E-state index in [-0.39, 0.29) is 23.3 Å². The number of esters is 1. The van der Waals surface area contributed by atoms with Crippen molar-refractivity contribution in [1.82, 2.24) is 0 Å². The Morgan fingerprint density at radius 1 is 1.15 bits per heavy atom. The second-order valence-electron chi connectivity index (χ2n) is 6.05. The Labute approximate surface area is 154 Å². The smallest absolute Gasteiger partial charge is 0.416 e. The zero-order valence-corrected chi connectivity index (χ0v) is 15.2. The van der Waals surface area contributed by atoms with Crippen LogP contribution in [0.4, 0.5) is 17.6 Å². The van der Waals surface area contributed by atoms with Gasteiger partial charge >= 0.3 is 12.1 Å². The predicted octanol–water partition coefficient (Wildman–Crippen LogP) is 5.01. The van der Waals surface area contributed by atoms with Crippen molar-refractivity contribution in [3.05, 3.63) is 64.0 Å². The lowest BCUT2D eigenvalue weighted by Gasteiger charge is -2.18. The van der Waals surface area contributed by atoms with E-state index in [9.17, 15) is 22.4 Å². The van der Waals surface area contributed by atoms with Crippen LogP contribution in [0.2, 0.25) is 0 Å². The fourth-order valence-corrected chi connectivity index (χ4v) is 2.80. The van der Waals surface area contributed by atoms with E-state index in [4.69, 9.17) is 4.74 Å². The van der Waals surface area contributed by atoms with Crippen molar-refractivity contribution in [1.29, 1.82) is 0 Å². The second kappa shape index (κ2) is 8.41. The second-order valence-corrected chi connectivity index (χ2v) is 6.05. The Morgan fingerprint density at radius 3 is 2.44 bits per heavy atom. The largest absolute Gasteiger partial charge is 0.486 e. The predicted molar refractivity (Wildman–Crippen MR) is 92.0 cm³/mol. The van der Waals surface area contributed by atoms with Gasteiger partial charge in [-0.05, 0) is 48.2 Å². The maximum absolute atomic E-state index is 14.2. The first-order valence-electron chi connectivity index (χ1n) is 8.34. The van der Waals surface area contributed by atoms with E-state index in [2.05, 4.69) is 4.74 Å². The molecule has 0 aliphatic rings. The van der Waals surface area contributed by atoms with Gasteiger partial charge in [0.05, 0.1) is 19.1 Å². The fraction of sp³-hybridized carbons (Fsp3) is 0.350. The first-order valence-corrected chi connectivity index (χ1v) is 8.34. The number of carbonyl (C=O) groups is 1. The normalized spacial score (nSPS) is 11.4. The highest BCUT2D eigenvalue weighted by Crippen LogP contribution is 2.34. The van der Waals surface area contributed by atoms with Gasteiger partial charge in [0.1, 0.15) is 6.61 Å².